The molecule has 94 valence electrons. The average Bonchev–Trinajstić information content (AvgIpc) is 2.15. The van der Waals surface area contributed by atoms with E-state index in [4.69, 9.17) is 16.3 Å². The number of hydrogen-bond acceptors (Lipinski definition) is 2. The molecule has 0 fully saturated rings. The highest BCUT2D eigenvalue weighted by Crippen LogP contribution is 2.26. The predicted molar refractivity (Wildman–Crippen MR) is 70.8 cm³/mol. The quantitative estimate of drug-likeness (QED) is 0.758. The second kappa shape index (κ2) is 5.09. The van der Waals surface area contributed by atoms with Gasteiger partial charge in [0.15, 0.2) is 5.60 Å². The molecule has 3 heteroatoms. The lowest BCUT2D eigenvalue weighted by Crippen LogP contribution is -2.34. The van der Waals surface area contributed by atoms with Crippen molar-refractivity contribution in [1.82, 2.24) is 0 Å². The van der Waals surface area contributed by atoms with Gasteiger partial charge in [-0.05, 0) is 61.5 Å². The first-order chi connectivity index (χ1) is 7.74. The molecule has 1 aromatic carbocycles. The van der Waals surface area contributed by atoms with Gasteiger partial charge >= 0.3 is 0 Å². The Labute approximate surface area is 108 Å². The molecule has 0 amide bonds. The summed E-state index contributed by atoms with van der Waals surface area (Å²) >= 11 is 5.48. The molecule has 0 saturated heterocycles. The Hall–Kier alpha value is -1.02. The molecule has 2 nitrogen and oxygen atoms in total. The standard InChI is InChI=1S/C14H19ClO2/c1-9(2)12-7-6-11(8-10(12)3)17-14(4,5)13(15)16/h6-9H,1-5H3. The van der Waals surface area contributed by atoms with Gasteiger partial charge in [0.1, 0.15) is 5.75 Å². The third kappa shape index (κ3) is 3.47. The van der Waals surface area contributed by atoms with Crippen molar-refractivity contribution in [1.29, 1.82) is 0 Å². The highest BCUT2D eigenvalue weighted by molar-refractivity contribution is 6.65. The van der Waals surface area contributed by atoms with Crippen molar-refractivity contribution in [2.75, 3.05) is 0 Å². The van der Waals surface area contributed by atoms with Crippen molar-refractivity contribution in [3.8, 4) is 5.75 Å². The Balaban J connectivity index is 2.96. The molecular formula is C14H19ClO2. The van der Waals surface area contributed by atoms with Crippen LogP contribution in [-0.4, -0.2) is 10.8 Å². The lowest BCUT2D eigenvalue weighted by Gasteiger charge is -2.23. The molecule has 0 aliphatic rings. The molecule has 0 atom stereocenters. The first-order valence-electron chi connectivity index (χ1n) is 5.73. The number of carbonyl (C=O) groups is 1. The van der Waals surface area contributed by atoms with Gasteiger partial charge in [0.05, 0.1) is 0 Å². The molecule has 0 saturated carbocycles. The molecule has 0 aliphatic heterocycles. The van der Waals surface area contributed by atoms with Gasteiger partial charge in [0.25, 0.3) is 5.24 Å². The monoisotopic (exact) mass is 254 g/mol. The minimum atomic E-state index is -0.993. The molecule has 0 heterocycles. The van der Waals surface area contributed by atoms with Crippen LogP contribution in [0.15, 0.2) is 18.2 Å². The summed E-state index contributed by atoms with van der Waals surface area (Å²) in [4.78, 5) is 11.2. The van der Waals surface area contributed by atoms with Crippen LogP contribution in [0.2, 0.25) is 0 Å². The fraction of sp³-hybridized carbons (Fsp3) is 0.500. The highest BCUT2D eigenvalue weighted by atomic mass is 35.5. The van der Waals surface area contributed by atoms with E-state index in [2.05, 4.69) is 13.8 Å². The summed E-state index contributed by atoms with van der Waals surface area (Å²) in [5, 5.41) is -0.497. The Morgan fingerprint density at radius 2 is 1.94 bits per heavy atom. The lowest BCUT2D eigenvalue weighted by molar-refractivity contribution is -0.123. The Bertz CT molecular complexity index is 422. The molecular weight excluding hydrogens is 236 g/mol. The molecule has 0 unspecified atom stereocenters. The first-order valence-corrected chi connectivity index (χ1v) is 6.11. The number of hydrogen-bond donors (Lipinski definition) is 0. The maximum atomic E-state index is 11.2. The average molecular weight is 255 g/mol. The largest absolute Gasteiger partial charge is 0.479 e. The topological polar surface area (TPSA) is 26.3 Å². The summed E-state index contributed by atoms with van der Waals surface area (Å²) in [6.45, 7) is 9.66. The number of rotatable bonds is 4. The maximum Gasteiger partial charge on any atom is 0.264 e. The van der Waals surface area contributed by atoms with Gasteiger partial charge < -0.3 is 4.74 Å². The van der Waals surface area contributed by atoms with Gasteiger partial charge in [-0.3, -0.25) is 4.79 Å². The van der Waals surface area contributed by atoms with Crippen molar-refractivity contribution in [3.63, 3.8) is 0 Å². The van der Waals surface area contributed by atoms with Crippen LogP contribution in [0.5, 0.6) is 5.75 Å². The molecule has 0 aliphatic carbocycles. The molecule has 1 rings (SSSR count). The van der Waals surface area contributed by atoms with E-state index in [9.17, 15) is 4.79 Å². The van der Waals surface area contributed by atoms with Gasteiger partial charge in [-0.1, -0.05) is 19.9 Å². The minimum absolute atomic E-state index is 0.478. The molecule has 0 radical (unpaired) electrons. The highest BCUT2D eigenvalue weighted by Gasteiger charge is 2.28. The molecule has 1 aromatic rings. The molecule has 0 bridgehead atoms. The van der Waals surface area contributed by atoms with E-state index in [1.54, 1.807) is 13.8 Å². The number of aryl methyl sites for hydroxylation is 1. The predicted octanol–water partition coefficient (Wildman–Crippen LogP) is 4.04. The molecule has 0 N–H and O–H groups in total. The summed E-state index contributed by atoms with van der Waals surface area (Å²) in [5.41, 5.74) is 1.45. The van der Waals surface area contributed by atoms with E-state index in [-0.39, 0.29) is 0 Å². The van der Waals surface area contributed by atoms with E-state index in [1.165, 1.54) is 5.56 Å². The summed E-state index contributed by atoms with van der Waals surface area (Å²) < 4.78 is 5.60. The summed E-state index contributed by atoms with van der Waals surface area (Å²) in [7, 11) is 0. The van der Waals surface area contributed by atoms with Crippen molar-refractivity contribution >= 4 is 16.8 Å². The maximum absolute atomic E-state index is 11.2. The zero-order valence-corrected chi connectivity index (χ0v) is 11.8. The Kier molecular flexibility index (Phi) is 4.21. The third-order valence-corrected chi connectivity index (χ3v) is 3.16. The van der Waals surface area contributed by atoms with Crippen LogP contribution in [0.1, 0.15) is 44.7 Å². The van der Waals surface area contributed by atoms with Crippen molar-refractivity contribution < 1.29 is 9.53 Å². The van der Waals surface area contributed by atoms with Crippen molar-refractivity contribution in [2.45, 2.75) is 46.1 Å². The number of carbonyl (C=O) groups excluding carboxylic acids is 1. The minimum Gasteiger partial charge on any atom is -0.479 e. The first kappa shape index (κ1) is 14.0. The van der Waals surface area contributed by atoms with Crippen molar-refractivity contribution in [2.24, 2.45) is 0 Å². The van der Waals surface area contributed by atoms with Crippen LogP contribution in [0.3, 0.4) is 0 Å². The van der Waals surface area contributed by atoms with Gasteiger partial charge in [-0.15, -0.1) is 0 Å². The summed E-state index contributed by atoms with van der Waals surface area (Å²) in [5.74, 6) is 1.15. The Morgan fingerprint density at radius 3 is 2.35 bits per heavy atom. The van der Waals surface area contributed by atoms with E-state index in [1.807, 2.05) is 25.1 Å². The van der Waals surface area contributed by atoms with E-state index < -0.39 is 10.8 Å². The van der Waals surface area contributed by atoms with Crippen LogP contribution in [0, 0.1) is 6.92 Å². The second-order valence-corrected chi connectivity index (χ2v) is 5.40. The molecule has 0 spiro atoms. The van der Waals surface area contributed by atoms with Crippen LogP contribution < -0.4 is 4.74 Å². The lowest BCUT2D eigenvalue weighted by atomic mass is 9.98. The third-order valence-electron chi connectivity index (χ3n) is 2.71. The number of ether oxygens (including phenoxy) is 1. The van der Waals surface area contributed by atoms with Crippen LogP contribution in [0.25, 0.3) is 0 Å². The van der Waals surface area contributed by atoms with Gasteiger partial charge in [-0.25, -0.2) is 0 Å². The summed E-state index contributed by atoms with van der Waals surface area (Å²) in [6.07, 6.45) is 0. The van der Waals surface area contributed by atoms with E-state index in [0.29, 0.717) is 11.7 Å². The zero-order chi connectivity index (χ0) is 13.2. The SMILES string of the molecule is Cc1cc(OC(C)(C)C(=O)Cl)ccc1C(C)C. The molecule has 0 aromatic heterocycles. The van der Waals surface area contributed by atoms with Gasteiger partial charge in [0.2, 0.25) is 0 Å². The van der Waals surface area contributed by atoms with Crippen LogP contribution in [0.4, 0.5) is 0 Å². The van der Waals surface area contributed by atoms with Crippen LogP contribution in [-0.2, 0) is 4.79 Å². The Morgan fingerprint density at radius 1 is 1.35 bits per heavy atom. The van der Waals surface area contributed by atoms with Crippen molar-refractivity contribution in [3.05, 3.63) is 29.3 Å². The normalized spacial score (nSPS) is 11.7. The van der Waals surface area contributed by atoms with E-state index >= 15 is 0 Å². The second-order valence-electron chi connectivity index (χ2n) is 5.06. The van der Waals surface area contributed by atoms with E-state index in [0.717, 1.165) is 5.56 Å². The smallest absolute Gasteiger partial charge is 0.264 e. The molecule has 17 heavy (non-hydrogen) atoms. The fourth-order valence-electron chi connectivity index (χ4n) is 1.69. The van der Waals surface area contributed by atoms with Gasteiger partial charge in [0, 0.05) is 0 Å². The van der Waals surface area contributed by atoms with Gasteiger partial charge in [-0.2, -0.15) is 0 Å². The fourth-order valence-corrected chi connectivity index (χ4v) is 1.73. The number of benzene rings is 1. The summed E-state index contributed by atoms with van der Waals surface area (Å²) in [6, 6.07) is 5.85. The number of halogens is 1. The zero-order valence-electron chi connectivity index (χ0n) is 11.0. The van der Waals surface area contributed by atoms with Crippen LogP contribution >= 0.6 is 11.6 Å².